The van der Waals surface area contributed by atoms with Crippen LogP contribution in [-0.2, 0) is 0 Å². The second kappa shape index (κ2) is 5.72. The summed E-state index contributed by atoms with van der Waals surface area (Å²) in [6.07, 6.45) is 0. The molecule has 0 bridgehead atoms. The largest absolute Gasteiger partial charge is 0.423 e. The number of hydrogen-bond donors (Lipinski definition) is 1. The molecule has 0 saturated carbocycles. The quantitative estimate of drug-likeness (QED) is 0.446. The average molecular weight is 343 g/mol. The number of para-hydroxylation sites is 1. The SMILES string of the molecule is c1ccc(-c2ccc3oc(Nc4nc5ccccc5s4)nc3c2)cc1. The summed E-state index contributed by atoms with van der Waals surface area (Å²) in [7, 11) is 0. The molecule has 0 atom stereocenters. The Bertz CT molecular complexity index is 1140. The summed E-state index contributed by atoms with van der Waals surface area (Å²) in [6.45, 7) is 0. The highest BCUT2D eigenvalue weighted by atomic mass is 32.1. The molecule has 1 N–H and O–H groups in total. The van der Waals surface area contributed by atoms with Crippen molar-refractivity contribution in [3.8, 4) is 11.1 Å². The predicted molar refractivity (Wildman–Crippen MR) is 102 cm³/mol. The van der Waals surface area contributed by atoms with Gasteiger partial charge < -0.3 is 4.42 Å². The molecule has 0 aliphatic rings. The van der Waals surface area contributed by atoms with Crippen LogP contribution < -0.4 is 5.32 Å². The molecule has 2 aromatic heterocycles. The third kappa shape index (κ3) is 2.64. The fraction of sp³-hybridized carbons (Fsp3) is 0. The molecular formula is C20H13N3OS. The Balaban J connectivity index is 1.49. The van der Waals surface area contributed by atoms with E-state index in [1.54, 1.807) is 11.3 Å². The molecule has 0 radical (unpaired) electrons. The highest BCUT2D eigenvalue weighted by molar-refractivity contribution is 7.22. The molecule has 0 saturated heterocycles. The summed E-state index contributed by atoms with van der Waals surface area (Å²) >= 11 is 1.58. The summed E-state index contributed by atoms with van der Waals surface area (Å²) in [6, 6.07) is 24.8. The van der Waals surface area contributed by atoms with Gasteiger partial charge in [0.15, 0.2) is 10.7 Å². The van der Waals surface area contributed by atoms with Gasteiger partial charge in [-0.1, -0.05) is 59.9 Å². The normalized spacial score (nSPS) is 11.2. The summed E-state index contributed by atoms with van der Waals surface area (Å²) in [5.74, 6) is 0. The Morgan fingerprint density at radius 1 is 0.760 bits per heavy atom. The molecule has 0 aliphatic heterocycles. The Labute approximate surface area is 147 Å². The highest BCUT2D eigenvalue weighted by Crippen LogP contribution is 2.30. The summed E-state index contributed by atoms with van der Waals surface area (Å²) < 4.78 is 6.94. The Morgan fingerprint density at radius 2 is 1.60 bits per heavy atom. The first-order chi connectivity index (χ1) is 12.3. The molecule has 2 heterocycles. The number of nitrogens with zero attached hydrogens (tertiary/aromatic N) is 2. The van der Waals surface area contributed by atoms with E-state index in [4.69, 9.17) is 4.42 Å². The van der Waals surface area contributed by atoms with Crippen LogP contribution >= 0.6 is 11.3 Å². The first kappa shape index (κ1) is 14.2. The van der Waals surface area contributed by atoms with Crippen molar-refractivity contribution in [2.45, 2.75) is 0 Å². The number of anilines is 2. The Kier molecular flexibility index (Phi) is 3.24. The number of oxazole rings is 1. The van der Waals surface area contributed by atoms with E-state index < -0.39 is 0 Å². The van der Waals surface area contributed by atoms with Gasteiger partial charge in [-0.2, -0.15) is 4.98 Å². The molecule has 0 amide bonds. The maximum absolute atomic E-state index is 5.80. The van der Waals surface area contributed by atoms with Crippen LogP contribution in [0.15, 0.2) is 77.2 Å². The topological polar surface area (TPSA) is 51.0 Å². The molecule has 5 rings (SSSR count). The van der Waals surface area contributed by atoms with E-state index in [2.05, 4.69) is 33.5 Å². The minimum absolute atomic E-state index is 0.458. The van der Waals surface area contributed by atoms with Gasteiger partial charge in [-0.3, -0.25) is 5.32 Å². The van der Waals surface area contributed by atoms with Crippen LogP contribution in [-0.4, -0.2) is 9.97 Å². The predicted octanol–water partition coefficient (Wildman–Crippen LogP) is 5.85. The van der Waals surface area contributed by atoms with Crippen molar-refractivity contribution in [3.05, 3.63) is 72.8 Å². The van der Waals surface area contributed by atoms with Crippen molar-refractivity contribution in [3.63, 3.8) is 0 Å². The number of fused-ring (bicyclic) bond motifs is 2. The van der Waals surface area contributed by atoms with Crippen LogP contribution in [0.2, 0.25) is 0 Å². The zero-order chi connectivity index (χ0) is 16.6. The monoisotopic (exact) mass is 343 g/mol. The molecule has 120 valence electrons. The lowest BCUT2D eigenvalue weighted by Crippen LogP contribution is -1.88. The smallest absolute Gasteiger partial charge is 0.302 e. The summed E-state index contributed by atoms with van der Waals surface area (Å²) in [5.41, 5.74) is 4.83. The van der Waals surface area contributed by atoms with Gasteiger partial charge in [0.05, 0.1) is 10.2 Å². The standard InChI is InChI=1S/C20H13N3OS/c1-2-6-13(7-3-1)14-10-11-17-16(12-14)21-19(24-17)23-20-22-15-8-4-5-9-18(15)25-20/h1-12H,(H,21,22,23). The maximum atomic E-state index is 5.80. The van der Waals surface area contributed by atoms with Crippen LogP contribution in [0, 0.1) is 0 Å². The third-order valence-electron chi connectivity index (χ3n) is 4.00. The van der Waals surface area contributed by atoms with E-state index in [1.165, 1.54) is 0 Å². The second-order valence-electron chi connectivity index (χ2n) is 5.68. The van der Waals surface area contributed by atoms with Gasteiger partial charge in [0.1, 0.15) is 5.52 Å². The molecule has 0 unspecified atom stereocenters. The molecule has 0 spiro atoms. The van der Waals surface area contributed by atoms with Gasteiger partial charge in [0.25, 0.3) is 0 Å². The van der Waals surface area contributed by atoms with Crippen molar-refractivity contribution >= 4 is 43.8 Å². The van der Waals surface area contributed by atoms with Crippen LogP contribution in [0.1, 0.15) is 0 Å². The van der Waals surface area contributed by atoms with Crippen molar-refractivity contribution in [2.24, 2.45) is 0 Å². The van der Waals surface area contributed by atoms with Gasteiger partial charge in [-0.15, -0.1) is 0 Å². The fourth-order valence-corrected chi connectivity index (χ4v) is 3.66. The number of hydrogen-bond acceptors (Lipinski definition) is 5. The molecule has 0 fully saturated rings. The van der Waals surface area contributed by atoms with Gasteiger partial charge >= 0.3 is 6.01 Å². The van der Waals surface area contributed by atoms with Gasteiger partial charge in [-0.25, -0.2) is 4.98 Å². The third-order valence-corrected chi connectivity index (χ3v) is 4.95. The minimum Gasteiger partial charge on any atom is -0.423 e. The molecule has 25 heavy (non-hydrogen) atoms. The number of nitrogens with one attached hydrogen (secondary N) is 1. The Morgan fingerprint density at radius 3 is 2.48 bits per heavy atom. The summed E-state index contributed by atoms with van der Waals surface area (Å²) in [5, 5.41) is 3.95. The first-order valence-corrected chi connectivity index (χ1v) is 8.75. The lowest BCUT2D eigenvalue weighted by Gasteiger charge is -1.99. The number of rotatable bonds is 3. The maximum Gasteiger partial charge on any atom is 0.302 e. The van der Waals surface area contributed by atoms with Crippen molar-refractivity contribution in [1.29, 1.82) is 0 Å². The highest BCUT2D eigenvalue weighted by Gasteiger charge is 2.10. The van der Waals surface area contributed by atoms with Gasteiger partial charge in [0.2, 0.25) is 0 Å². The van der Waals surface area contributed by atoms with Crippen molar-refractivity contribution in [2.75, 3.05) is 5.32 Å². The molecule has 0 aliphatic carbocycles. The first-order valence-electron chi connectivity index (χ1n) is 7.94. The lowest BCUT2D eigenvalue weighted by atomic mass is 10.1. The molecular weight excluding hydrogens is 330 g/mol. The van der Waals surface area contributed by atoms with E-state index in [0.717, 1.165) is 37.6 Å². The van der Waals surface area contributed by atoms with Crippen molar-refractivity contribution in [1.82, 2.24) is 9.97 Å². The zero-order valence-corrected chi connectivity index (χ0v) is 14.0. The summed E-state index contributed by atoms with van der Waals surface area (Å²) in [4.78, 5) is 9.10. The average Bonchev–Trinajstić information content (AvgIpc) is 3.24. The van der Waals surface area contributed by atoms with Crippen molar-refractivity contribution < 1.29 is 4.42 Å². The van der Waals surface area contributed by atoms with Crippen LogP contribution in [0.5, 0.6) is 0 Å². The zero-order valence-electron chi connectivity index (χ0n) is 13.1. The number of aromatic nitrogens is 2. The minimum atomic E-state index is 0.458. The lowest BCUT2D eigenvalue weighted by molar-refractivity contribution is 0.623. The Hall–Kier alpha value is -3.18. The molecule has 4 nitrogen and oxygen atoms in total. The van der Waals surface area contributed by atoms with Crippen LogP contribution in [0.3, 0.4) is 0 Å². The second-order valence-corrected chi connectivity index (χ2v) is 6.71. The van der Waals surface area contributed by atoms with E-state index in [0.29, 0.717) is 6.01 Å². The van der Waals surface area contributed by atoms with E-state index in [-0.39, 0.29) is 0 Å². The van der Waals surface area contributed by atoms with Crippen LogP contribution in [0.4, 0.5) is 11.1 Å². The van der Waals surface area contributed by atoms with E-state index in [1.807, 2.05) is 54.6 Å². The van der Waals surface area contributed by atoms with Crippen LogP contribution in [0.25, 0.3) is 32.4 Å². The van der Waals surface area contributed by atoms with Gasteiger partial charge in [-0.05, 0) is 35.4 Å². The molecule has 3 aromatic carbocycles. The van der Waals surface area contributed by atoms with E-state index >= 15 is 0 Å². The number of benzene rings is 3. The number of thiazole rings is 1. The fourth-order valence-electron chi connectivity index (χ4n) is 2.81. The molecule has 5 aromatic rings. The van der Waals surface area contributed by atoms with Gasteiger partial charge in [0, 0.05) is 0 Å². The molecule has 5 heteroatoms. The van der Waals surface area contributed by atoms with E-state index in [9.17, 15) is 0 Å².